The number of fused-ring (bicyclic) bond motifs is 5. The van der Waals surface area contributed by atoms with Crippen molar-refractivity contribution in [1.29, 1.82) is 0 Å². The molecule has 15 rings (SSSR count). The van der Waals surface area contributed by atoms with Gasteiger partial charge in [0, 0.05) is 129 Å². The van der Waals surface area contributed by atoms with E-state index in [1.807, 2.05) is 132 Å². The van der Waals surface area contributed by atoms with E-state index in [0.717, 1.165) is 145 Å². The molecule has 0 unspecified atom stereocenters. The molecule has 15 aromatic rings. The summed E-state index contributed by atoms with van der Waals surface area (Å²) in [7, 11) is -1.48. The average Bonchev–Trinajstić information content (AvgIpc) is 1.71. The Hall–Kier alpha value is -11.4. The smallest absolute Gasteiger partial charge is 0.494 e. The SMILES string of the molecule is CCC(=O)O.Cc1cc2c(=O)c([N+](=O)[O-])c[nH]c2cc1-c1c(C)noc1C.Cc1cc2c(=O)cc[nH]c2cc1-c1c(C)noc1C.Cc1cc2c(=O)cc[nH]c2cc1Br.Cc1cc2c(Cl)c([N+](=O)[O-])cnc2cc1-c1c(C)noc1C.Cc1cc2c([NH-])c(N)cnc2cc1-c1c(C)noc1C.Cc1noc(C)c1B(O)O.O=P(Cl)(Cl)Cl.O=[N+]([O-])O.[Y]. The number of aryl methyl sites for hydroxylation is 15. The molecule has 121 heavy (non-hydrogen) atoms. The summed E-state index contributed by atoms with van der Waals surface area (Å²) in [6, 6.07) is 21.8. The maximum absolute atomic E-state index is 12.2. The Kier molecular flexibility index (Phi) is 34.8. The molecule has 0 saturated heterocycles. The Morgan fingerprint density at radius 1 is 0.537 bits per heavy atom. The molecule has 0 atom stereocenters. The number of H-pyrrole nitrogens is 3. The van der Waals surface area contributed by atoms with Gasteiger partial charge in [-0.3, -0.25) is 49.0 Å². The summed E-state index contributed by atoms with van der Waals surface area (Å²) in [6.45, 7) is 29.6. The number of hydrogen-bond donors (Lipinski definition) is 8. The zero-order chi connectivity index (χ0) is 89.5. The number of nitrogens with one attached hydrogen (secondary N) is 4. The summed E-state index contributed by atoms with van der Waals surface area (Å²) in [4.78, 5) is 91.1. The van der Waals surface area contributed by atoms with Crippen LogP contribution in [0.15, 0.2) is 145 Å². The van der Waals surface area contributed by atoms with E-state index in [9.17, 15) is 44.0 Å². The van der Waals surface area contributed by atoms with Gasteiger partial charge in [-0.25, -0.2) is 4.98 Å². The number of rotatable bonds is 8. The molecule has 43 heteroatoms. The fourth-order valence-corrected chi connectivity index (χ4v) is 12.9. The molecule has 0 spiro atoms. The summed E-state index contributed by atoms with van der Waals surface area (Å²) < 4.78 is 36.0. The monoisotopic (exact) mass is 1890 g/mol. The first-order valence-corrected chi connectivity index (χ1v) is 40.9. The fourth-order valence-electron chi connectivity index (χ4n) is 12.3. The second kappa shape index (κ2) is 42.7. The number of carboxylic acids is 1. The Morgan fingerprint density at radius 2 is 0.868 bits per heavy atom. The number of aromatic amines is 3. The molecule has 10 heterocycles. The number of aromatic nitrogens is 10. The van der Waals surface area contributed by atoms with Crippen molar-refractivity contribution in [2.75, 3.05) is 5.73 Å². The predicted molar refractivity (Wildman–Crippen MR) is 463 cm³/mol. The van der Waals surface area contributed by atoms with Crippen LogP contribution in [0.25, 0.3) is 105 Å². The van der Waals surface area contributed by atoms with Crippen molar-refractivity contribution in [3.8, 4) is 44.5 Å². The molecule has 0 bridgehead atoms. The Labute approximate surface area is 739 Å². The molecule has 10 N–H and O–H groups in total. The molecular weight excluding hydrogens is 1820 g/mol. The van der Waals surface area contributed by atoms with Crippen LogP contribution in [-0.4, -0.2) is 99.1 Å². The van der Waals surface area contributed by atoms with Crippen LogP contribution in [0.3, 0.4) is 0 Å². The summed E-state index contributed by atoms with van der Waals surface area (Å²) in [6.07, 6.45) is 7.37. The van der Waals surface area contributed by atoms with Gasteiger partial charge in [-0.1, -0.05) is 66.3 Å². The summed E-state index contributed by atoms with van der Waals surface area (Å²) in [5.41, 5.74) is 33.6. The van der Waals surface area contributed by atoms with Crippen LogP contribution in [0.1, 0.15) is 98.4 Å². The standard InChI is InChI=1S/C15H12ClN3O3.C15H15N4O.C15H13N3O4.C15H14N2O2.C10H8BrNO.C5H8BNO3.C3H6O2.Cl3OP.HNO3.Y/c1-7-4-11-12(17-6-13(15(11)16)19(20)21)5-10(7)14-8(2)18-22-9(14)3;1-7-4-11-13(18-6-12(16)15(11)17)5-10(7)14-8(2)19-20-9(14)3;1-7-4-11-12(16-6-13(15(11)19)18(20)21)5-10(7)14-8(2)17-22-9(14)3;1-8-6-12-13(16-5-4-14(12)18)7-11(8)15-9(2)17-19-10(15)3;1-6-4-7-9(5-8(6)11)12-3-2-10(7)13;1-3-5(6(8)9)4(2)10-7-3;1-2-3(4)5;1-5(2,3)4;2-1(3)4;/h4-6H,1-3H3;4-6H,16H2,1-3H3,(H-,17,18);4-6H,1-3H3,(H,16,19);4-7H,1-3H3,(H,16,18);2-5H,1H3,(H,12,13);8-9H,1-2H3;2H2,1H3,(H,4,5);;(H,2,3,4);/q;-1;;;;;;;;. The van der Waals surface area contributed by atoms with Gasteiger partial charge in [-0.05, 0) is 248 Å². The molecule has 35 nitrogen and oxygen atoms in total. The number of benzene rings is 5. The molecule has 0 aliphatic carbocycles. The number of nitro groups is 2. The zero-order valence-electron chi connectivity index (χ0n) is 67.4. The van der Waals surface area contributed by atoms with Crippen LogP contribution in [0.5, 0.6) is 0 Å². The largest absolute Gasteiger partial charge is 0.696 e. The third kappa shape index (κ3) is 24.9. The molecular formula is C78H77BBrCl4N15O20PY-. The van der Waals surface area contributed by atoms with E-state index in [1.165, 1.54) is 24.5 Å². The third-order valence-electron chi connectivity index (χ3n) is 18.0. The second-order valence-electron chi connectivity index (χ2n) is 26.5. The van der Waals surface area contributed by atoms with Crippen LogP contribution in [0, 0.1) is 134 Å². The molecule has 1 radical (unpaired) electrons. The first-order valence-electron chi connectivity index (χ1n) is 35.3. The van der Waals surface area contributed by atoms with Crippen molar-refractivity contribution in [1.82, 2.24) is 50.7 Å². The molecule has 631 valence electrons. The number of nitrogen functional groups attached to an aromatic ring is 1. The van der Waals surface area contributed by atoms with Gasteiger partial charge in [-0.2, -0.15) is 0 Å². The zero-order valence-corrected chi connectivity index (χ0v) is 75.7. The molecule has 0 amide bonds. The van der Waals surface area contributed by atoms with E-state index in [4.69, 9.17) is 71.6 Å². The van der Waals surface area contributed by atoms with Gasteiger partial charge in [0.1, 0.15) is 40.0 Å². The quantitative estimate of drug-likeness (QED) is 0.0303. The number of hydrogen-bond acceptors (Lipinski definition) is 26. The van der Waals surface area contributed by atoms with Crippen LogP contribution in [0.2, 0.25) is 5.02 Å². The van der Waals surface area contributed by atoms with Gasteiger partial charge < -0.3 is 69.4 Å². The maximum atomic E-state index is 12.2. The van der Waals surface area contributed by atoms with Crippen LogP contribution >= 0.6 is 66.5 Å². The van der Waals surface area contributed by atoms with Gasteiger partial charge in [0.15, 0.2) is 10.9 Å². The number of halogens is 5. The van der Waals surface area contributed by atoms with Crippen LogP contribution < -0.4 is 27.5 Å². The van der Waals surface area contributed by atoms with E-state index in [2.05, 4.69) is 105 Å². The second-order valence-corrected chi connectivity index (χ2v) is 34.4. The summed E-state index contributed by atoms with van der Waals surface area (Å²) >= 11 is 23.4. The topological polar surface area (TPSA) is 549 Å². The first kappa shape index (κ1) is 98.5. The van der Waals surface area contributed by atoms with E-state index >= 15 is 0 Å². The van der Waals surface area contributed by atoms with E-state index in [1.54, 1.807) is 51.4 Å². The van der Waals surface area contributed by atoms with Gasteiger partial charge in [-0.15, -0.1) is 15.8 Å². The number of nitrogens with zero attached hydrogens (tertiary/aromatic N) is 10. The minimum absolute atomic E-state index is 0. The number of anilines is 1. The maximum Gasteiger partial charge on any atom is 0.494 e. The molecule has 0 aliphatic heterocycles. The Morgan fingerprint density at radius 3 is 1.22 bits per heavy atom. The number of carbonyl (C=O) groups is 1. The number of carboxylic acid groups (broad SMARTS) is 1. The Bertz CT molecular complexity index is 6530. The van der Waals surface area contributed by atoms with E-state index in [-0.39, 0.29) is 60.7 Å². The van der Waals surface area contributed by atoms with Crippen molar-refractivity contribution < 1.29 is 100.0 Å². The minimum atomic E-state index is -3.22. The molecule has 0 aliphatic rings. The first-order chi connectivity index (χ1) is 56.2. The van der Waals surface area contributed by atoms with Crippen molar-refractivity contribution in [2.24, 2.45) is 0 Å². The van der Waals surface area contributed by atoms with E-state index in [0.29, 0.717) is 67.0 Å². The van der Waals surface area contributed by atoms with Crippen molar-refractivity contribution in [3.05, 3.63) is 265 Å². The summed E-state index contributed by atoms with van der Waals surface area (Å²) in [5.74, 6) is 2.68. The average molecular weight is 1900 g/mol. The van der Waals surface area contributed by atoms with Crippen molar-refractivity contribution >= 4 is 162 Å². The number of pyridine rings is 5. The van der Waals surface area contributed by atoms with Crippen LogP contribution in [-0.2, 0) is 42.1 Å². The molecule has 5 aromatic carbocycles. The van der Waals surface area contributed by atoms with Crippen LogP contribution in [0.4, 0.5) is 22.7 Å². The number of aliphatic carboxylic acids is 1. The fraction of sp³-hybridized carbons (Fsp3) is 0.218. The van der Waals surface area contributed by atoms with Crippen molar-refractivity contribution in [3.63, 3.8) is 0 Å². The molecule has 0 fully saturated rings. The number of nitrogens with two attached hydrogens (primary N) is 1. The van der Waals surface area contributed by atoms with Crippen molar-refractivity contribution in [2.45, 2.75) is 117 Å². The van der Waals surface area contributed by atoms with Gasteiger partial charge in [0.05, 0.1) is 72.0 Å². The normalized spacial score (nSPS) is 10.6. The Balaban J connectivity index is 0.000000220. The third-order valence-corrected chi connectivity index (χ3v) is 19.2. The summed E-state index contributed by atoms with van der Waals surface area (Å²) in [5, 5.41) is 80.0. The van der Waals surface area contributed by atoms with E-state index < -0.39 is 44.3 Å². The molecule has 10 aromatic heterocycles. The predicted octanol–water partition coefficient (Wildman–Crippen LogP) is 19.1. The molecule has 0 saturated carbocycles. The van der Waals surface area contributed by atoms with Gasteiger partial charge in [0.2, 0.25) is 0 Å². The minimum Gasteiger partial charge on any atom is -0.696 e. The van der Waals surface area contributed by atoms with Gasteiger partial charge in [0.25, 0.3) is 10.5 Å². The van der Waals surface area contributed by atoms with Gasteiger partial charge >= 0.3 is 29.7 Å².